The largest absolute Gasteiger partial charge is 0.861 e. The van der Waals surface area contributed by atoms with Crippen molar-refractivity contribution in [3.63, 3.8) is 0 Å². The number of carboxylic acids is 2. The number of guanidine groups is 1. The lowest BCUT2D eigenvalue weighted by Gasteiger charge is -2.20. The number of thioether (sulfide) groups is 1. The minimum atomic E-state index is -4.73. The topological polar surface area (TPSA) is 382 Å². The van der Waals surface area contributed by atoms with Crippen LogP contribution in [-0.2, 0) is 56.6 Å². The minimum absolute atomic E-state index is 0.0307. The van der Waals surface area contributed by atoms with Gasteiger partial charge in [0.25, 0.3) is 0 Å². The molecule has 0 rings (SSSR count). The molecule has 0 aliphatic rings. The van der Waals surface area contributed by atoms with Crippen LogP contribution in [0.3, 0.4) is 0 Å². The Morgan fingerprint density at radius 2 is 1.07 bits per heavy atom. The normalized spacial score (nSPS) is 13.2. The number of aliphatic carboxylic acids is 2. The Kier molecular flexibility index (Phi) is 53.0. The predicted octanol–water partition coefficient (Wildman–Crippen LogP) is 7.88. The number of phosphoric ester groups is 1. The molecular formula is C59H110N8O16PS-. The van der Waals surface area contributed by atoms with E-state index in [1.165, 1.54) is 135 Å². The van der Waals surface area contributed by atoms with Gasteiger partial charge in [-0.05, 0) is 31.6 Å². The molecule has 0 aromatic rings. The molecule has 26 heteroatoms. The molecule has 0 heterocycles. The monoisotopic (exact) mass is 1250 g/mol. The predicted molar refractivity (Wildman–Crippen MR) is 331 cm³/mol. The molecule has 2 unspecified atom stereocenters. The van der Waals surface area contributed by atoms with Crippen molar-refractivity contribution in [2.75, 3.05) is 64.1 Å². The van der Waals surface area contributed by atoms with E-state index in [4.69, 9.17) is 35.1 Å². The van der Waals surface area contributed by atoms with Gasteiger partial charge in [0.2, 0.25) is 17.7 Å². The lowest BCUT2D eigenvalue weighted by molar-refractivity contribution is -0.218. The summed E-state index contributed by atoms with van der Waals surface area (Å²) in [6.07, 6.45) is 34.3. The third-order valence-corrected chi connectivity index (χ3v) is 15.7. The number of hydrogen-bond acceptors (Lipinski definition) is 17. The summed E-state index contributed by atoms with van der Waals surface area (Å²) >= 11 is 1.12. The highest BCUT2D eigenvalue weighted by atomic mass is 32.2. The van der Waals surface area contributed by atoms with Gasteiger partial charge >= 0.3 is 31.7 Å². The fourth-order valence-corrected chi connectivity index (χ4v) is 10.4. The van der Waals surface area contributed by atoms with E-state index in [1.54, 1.807) is 0 Å². The van der Waals surface area contributed by atoms with E-state index in [2.05, 4.69) is 45.1 Å². The fourth-order valence-electron chi connectivity index (χ4n) is 8.95. The number of carbonyl (C=O) groups is 7. The molecule has 4 atom stereocenters. The molecule has 0 saturated carbocycles. The van der Waals surface area contributed by atoms with Crippen molar-refractivity contribution in [3.8, 4) is 0 Å². The number of nitrogens with two attached hydrogens (primary N) is 2. The first-order valence-corrected chi connectivity index (χ1v) is 34.4. The molecule has 0 aliphatic heterocycles. The number of unbranched alkanes of at least 4 members (excludes halogenated alkanes) is 28. The maximum absolute atomic E-state index is 12.9. The Bertz CT molecular complexity index is 1900. The van der Waals surface area contributed by atoms with E-state index in [-0.39, 0.29) is 69.4 Å². The molecule has 0 radical (unpaired) electrons. The van der Waals surface area contributed by atoms with E-state index in [0.29, 0.717) is 12.8 Å². The SMILES string of the molecule is CCCCCCCCCCCCCCCCCC(=O)OCC(COP(=O)(O)OCCNC(=O)CSCCN[C@@H](CC(=O)O)C(=O)NCC([O-])=N[C@@H](CCCN=C(N)N)C(=O)NCC(=O)O)OC(=O)CCCCCCCCCCCCCCCCC. The molecule has 0 saturated heterocycles. The number of carboxylic acid groups (broad SMARTS) is 2. The molecular weight excluding hydrogens is 1140 g/mol. The maximum Gasteiger partial charge on any atom is 0.472 e. The van der Waals surface area contributed by atoms with Crippen LogP contribution in [0.2, 0.25) is 0 Å². The Morgan fingerprint density at radius 1 is 0.588 bits per heavy atom. The van der Waals surface area contributed by atoms with Crippen LogP contribution in [0, 0.1) is 0 Å². The van der Waals surface area contributed by atoms with Gasteiger partial charge in [0.05, 0.1) is 31.4 Å². The summed E-state index contributed by atoms with van der Waals surface area (Å²) in [4.78, 5) is 104. The summed E-state index contributed by atoms with van der Waals surface area (Å²) in [5.41, 5.74) is 10.6. The van der Waals surface area contributed by atoms with Crippen LogP contribution in [0.5, 0.6) is 0 Å². The Balaban J connectivity index is 4.96. The van der Waals surface area contributed by atoms with Crippen molar-refractivity contribution in [1.82, 2.24) is 21.3 Å². The first kappa shape index (κ1) is 80.5. The number of nitrogens with zero attached hydrogens (tertiary/aromatic N) is 2. The molecule has 24 nitrogen and oxygen atoms in total. The number of amides is 3. The third kappa shape index (κ3) is 54.6. The number of carbonyl (C=O) groups excluding carboxylic acids is 5. The van der Waals surface area contributed by atoms with Crippen LogP contribution in [0.15, 0.2) is 9.98 Å². The fraction of sp³-hybridized carbons (Fsp3) is 0.847. The quantitative estimate of drug-likeness (QED) is 0.00918. The minimum Gasteiger partial charge on any atom is -0.861 e. The highest BCUT2D eigenvalue weighted by molar-refractivity contribution is 7.99. The van der Waals surface area contributed by atoms with E-state index in [0.717, 1.165) is 56.7 Å². The van der Waals surface area contributed by atoms with Crippen molar-refractivity contribution in [2.45, 2.75) is 257 Å². The number of rotatable bonds is 61. The lowest BCUT2D eigenvalue weighted by atomic mass is 10.0. The molecule has 11 N–H and O–H groups in total. The molecule has 0 fully saturated rings. The van der Waals surface area contributed by atoms with Crippen LogP contribution < -0.4 is 37.8 Å². The Hall–Kier alpha value is -4.55. The second-order valence-corrected chi connectivity index (χ2v) is 24.2. The van der Waals surface area contributed by atoms with Crippen molar-refractivity contribution in [1.29, 1.82) is 0 Å². The van der Waals surface area contributed by atoms with Crippen LogP contribution in [0.4, 0.5) is 0 Å². The Labute approximate surface area is 511 Å². The molecule has 0 spiro atoms. The summed E-state index contributed by atoms with van der Waals surface area (Å²) in [6.45, 7) is 1.64. The van der Waals surface area contributed by atoms with Crippen LogP contribution in [0.25, 0.3) is 0 Å². The first-order chi connectivity index (χ1) is 40.9. The lowest BCUT2D eigenvalue weighted by Crippen LogP contribution is -2.49. The van der Waals surface area contributed by atoms with Crippen molar-refractivity contribution in [2.24, 2.45) is 21.5 Å². The van der Waals surface area contributed by atoms with Crippen molar-refractivity contribution in [3.05, 3.63) is 0 Å². The van der Waals surface area contributed by atoms with Gasteiger partial charge in [-0.25, -0.2) is 4.57 Å². The molecule has 85 heavy (non-hydrogen) atoms. The zero-order valence-electron chi connectivity index (χ0n) is 51.6. The van der Waals surface area contributed by atoms with Gasteiger partial charge in [-0.1, -0.05) is 194 Å². The van der Waals surface area contributed by atoms with Gasteiger partial charge in [0, 0.05) is 44.8 Å². The van der Waals surface area contributed by atoms with Crippen LogP contribution in [0.1, 0.15) is 239 Å². The van der Waals surface area contributed by atoms with Gasteiger partial charge in [0.1, 0.15) is 19.2 Å². The van der Waals surface area contributed by atoms with Gasteiger partial charge < -0.3 is 62.4 Å². The second kappa shape index (κ2) is 56.0. The summed E-state index contributed by atoms with van der Waals surface area (Å²) in [5.74, 6) is -6.82. The zero-order valence-corrected chi connectivity index (χ0v) is 53.3. The Morgan fingerprint density at radius 3 is 1.55 bits per heavy atom. The van der Waals surface area contributed by atoms with Gasteiger partial charge in [-0.3, -0.25) is 52.6 Å². The van der Waals surface area contributed by atoms with E-state index < -0.39 is 106 Å². The summed E-state index contributed by atoms with van der Waals surface area (Å²) < 4.78 is 34.1. The maximum atomic E-state index is 12.9. The molecule has 0 bridgehead atoms. The number of aliphatic imine (C=N–C) groups is 2. The van der Waals surface area contributed by atoms with Crippen LogP contribution in [-0.4, -0.2) is 151 Å². The summed E-state index contributed by atoms with van der Waals surface area (Å²) in [6, 6.07) is -2.61. The number of esters is 2. The standard InChI is InChI=1S/C59H111N8O16PS/c1-3-5-7-9-11-13-15-17-19-21-23-25-27-29-31-35-55(74)80-45-48(83-56(75)36-32-30-28-26-24-22-20-18-16-14-12-10-8-6-4-2)46-82-84(78,79)81-40-38-63-52(69)47-85-41-39-62-50(42-53(70)71)58(77)65-43-51(68)67-49(34-33-37-64-59(60)61)57(76)66-44-54(72)73/h48-50,62H,3-47H2,1-2H3,(H,63,69)(H,65,77)(H,66,76)(H,67,68)(H,70,71)(H,72,73)(H,78,79)(H4,60,61,64)/p-1/t48?,49-,50-/m0/s1. The van der Waals surface area contributed by atoms with Crippen molar-refractivity contribution >= 4 is 73.0 Å². The van der Waals surface area contributed by atoms with Gasteiger partial charge in [0.15, 0.2) is 12.1 Å². The smallest absolute Gasteiger partial charge is 0.472 e. The first-order valence-electron chi connectivity index (χ1n) is 31.7. The van der Waals surface area contributed by atoms with E-state index in [9.17, 15) is 53.2 Å². The molecule has 0 aromatic heterocycles. The second-order valence-electron chi connectivity index (χ2n) is 21.6. The number of ether oxygens (including phenoxy) is 2. The van der Waals surface area contributed by atoms with Gasteiger partial charge in [-0.2, -0.15) is 11.8 Å². The average molecular weight is 1250 g/mol. The highest BCUT2D eigenvalue weighted by Crippen LogP contribution is 2.43. The summed E-state index contributed by atoms with van der Waals surface area (Å²) in [7, 11) is -4.73. The number of phosphoric acid groups is 1. The molecule has 3 amide bonds. The number of nitrogens with one attached hydrogen (secondary N) is 4. The third-order valence-electron chi connectivity index (χ3n) is 13.7. The van der Waals surface area contributed by atoms with Crippen LogP contribution >= 0.6 is 19.6 Å². The van der Waals surface area contributed by atoms with E-state index >= 15 is 0 Å². The number of hydrogen-bond donors (Lipinski definition) is 9. The highest BCUT2D eigenvalue weighted by Gasteiger charge is 2.27. The molecule has 0 aliphatic carbocycles. The molecule has 494 valence electrons. The summed E-state index contributed by atoms with van der Waals surface area (Å²) in [5, 5.41) is 40.6. The molecule has 0 aromatic carbocycles. The van der Waals surface area contributed by atoms with Gasteiger partial charge in [-0.15, -0.1) is 0 Å². The average Bonchev–Trinajstić information content (AvgIpc) is 3.48. The zero-order chi connectivity index (χ0) is 63.0. The van der Waals surface area contributed by atoms with Crippen molar-refractivity contribution < 1.29 is 76.9 Å². The van der Waals surface area contributed by atoms with E-state index in [1.807, 2.05) is 0 Å².